The Morgan fingerprint density at radius 3 is 2.24 bits per heavy atom. The van der Waals surface area contributed by atoms with Gasteiger partial charge in [0, 0.05) is 12.6 Å². The van der Waals surface area contributed by atoms with Crippen molar-refractivity contribution in [1.82, 2.24) is 25.2 Å². The van der Waals surface area contributed by atoms with E-state index < -0.39 is 23.9 Å². The molecule has 0 saturated heterocycles. The first-order valence-corrected chi connectivity index (χ1v) is 11.0. The molecule has 4 rings (SSSR count). The number of aromatic hydroxyl groups is 1. The van der Waals surface area contributed by atoms with Crippen LogP contribution in [0.3, 0.4) is 0 Å². The second kappa shape index (κ2) is 9.97. The highest BCUT2D eigenvalue weighted by molar-refractivity contribution is 6.22. The zero-order valence-electron chi connectivity index (χ0n) is 20.2. The van der Waals surface area contributed by atoms with E-state index in [4.69, 9.17) is 14.2 Å². The summed E-state index contributed by atoms with van der Waals surface area (Å²) < 4.78 is 15.3. The van der Waals surface area contributed by atoms with Gasteiger partial charge in [0.2, 0.25) is 0 Å². The molecule has 1 aliphatic heterocycles. The molecular weight excluding hydrogens is 486 g/mol. The van der Waals surface area contributed by atoms with E-state index in [-0.39, 0.29) is 53.6 Å². The lowest BCUT2D eigenvalue weighted by Crippen LogP contribution is -2.28. The number of benzene rings is 2. The first-order valence-electron chi connectivity index (χ1n) is 11.0. The SMILES string of the molecule is C=C(C)C(=O)OCCNC(=O)OCc1cc(OC)c(O)c(-n2nc3cc4c(cc3n2)C(=O)N(C)C4=O)c1. The number of nitrogens with one attached hydrogen (secondary N) is 1. The number of amides is 3. The molecule has 13 heteroatoms. The van der Waals surface area contributed by atoms with Crippen LogP contribution in [0.5, 0.6) is 11.5 Å². The van der Waals surface area contributed by atoms with Crippen molar-refractivity contribution < 1.29 is 38.5 Å². The molecule has 192 valence electrons. The minimum absolute atomic E-state index is 0.0383. The highest BCUT2D eigenvalue weighted by Gasteiger charge is 2.33. The molecule has 0 bridgehead atoms. The summed E-state index contributed by atoms with van der Waals surface area (Å²) in [6, 6.07) is 5.91. The highest BCUT2D eigenvalue weighted by Crippen LogP contribution is 2.34. The monoisotopic (exact) mass is 509 g/mol. The number of fused-ring (bicyclic) bond motifs is 2. The molecule has 3 amide bonds. The number of esters is 1. The van der Waals surface area contributed by atoms with Crippen LogP contribution in [-0.4, -0.2) is 76.2 Å². The summed E-state index contributed by atoms with van der Waals surface area (Å²) >= 11 is 0. The third-order valence-corrected chi connectivity index (χ3v) is 5.46. The number of hydrogen-bond donors (Lipinski definition) is 2. The van der Waals surface area contributed by atoms with E-state index >= 15 is 0 Å². The molecular formula is C24H23N5O8. The molecule has 0 atom stereocenters. The maximum Gasteiger partial charge on any atom is 0.407 e. The van der Waals surface area contributed by atoms with Gasteiger partial charge in [-0.15, -0.1) is 15.0 Å². The Labute approximate surface area is 210 Å². The molecule has 0 fully saturated rings. The summed E-state index contributed by atoms with van der Waals surface area (Å²) in [7, 11) is 2.75. The van der Waals surface area contributed by atoms with Crippen molar-refractivity contribution in [3.05, 3.63) is 53.1 Å². The number of nitrogens with zero attached hydrogens (tertiary/aromatic N) is 4. The number of methoxy groups -OCH3 is 1. The van der Waals surface area contributed by atoms with Crippen LogP contribution < -0.4 is 10.1 Å². The Morgan fingerprint density at radius 2 is 1.68 bits per heavy atom. The van der Waals surface area contributed by atoms with E-state index in [1.807, 2.05) is 0 Å². The Bertz CT molecular complexity index is 1410. The summed E-state index contributed by atoms with van der Waals surface area (Å²) in [5, 5.41) is 21.8. The third kappa shape index (κ3) is 4.91. The Morgan fingerprint density at radius 1 is 1.05 bits per heavy atom. The minimum atomic E-state index is -0.753. The average Bonchev–Trinajstić information content (AvgIpc) is 3.38. The molecule has 0 aliphatic carbocycles. The fraction of sp³-hybridized carbons (Fsp3) is 0.250. The lowest BCUT2D eigenvalue weighted by Gasteiger charge is -2.12. The average molecular weight is 509 g/mol. The molecule has 0 spiro atoms. The molecule has 0 unspecified atom stereocenters. The Kier molecular flexibility index (Phi) is 6.78. The lowest BCUT2D eigenvalue weighted by molar-refractivity contribution is -0.138. The van der Waals surface area contributed by atoms with Crippen LogP contribution in [-0.2, 0) is 20.9 Å². The fourth-order valence-electron chi connectivity index (χ4n) is 3.54. The molecule has 1 aliphatic rings. The number of carbonyl (C=O) groups excluding carboxylic acids is 4. The van der Waals surface area contributed by atoms with Gasteiger partial charge >= 0.3 is 12.1 Å². The molecule has 13 nitrogen and oxygen atoms in total. The predicted octanol–water partition coefficient (Wildman–Crippen LogP) is 1.71. The first kappa shape index (κ1) is 25.2. The van der Waals surface area contributed by atoms with Crippen molar-refractivity contribution >= 4 is 34.9 Å². The lowest BCUT2D eigenvalue weighted by atomic mass is 10.1. The van der Waals surface area contributed by atoms with Gasteiger partial charge in [0.25, 0.3) is 11.8 Å². The third-order valence-electron chi connectivity index (χ3n) is 5.46. The summed E-state index contributed by atoms with van der Waals surface area (Å²) in [6.45, 7) is 4.78. The maximum absolute atomic E-state index is 12.3. The van der Waals surface area contributed by atoms with E-state index in [9.17, 15) is 24.3 Å². The number of imide groups is 1. The fourth-order valence-corrected chi connectivity index (χ4v) is 3.54. The zero-order valence-corrected chi connectivity index (χ0v) is 20.2. The maximum atomic E-state index is 12.3. The Hall–Kier alpha value is -4.94. The second-order valence-electron chi connectivity index (χ2n) is 8.13. The van der Waals surface area contributed by atoms with Gasteiger partial charge in [-0.25, -0.2) is 9.59 Å². The minimum Gasteiger partial charge on any atom is -0.503 e. The standard InChI is InChI=1S/C24H23N5O8/c1-12(2)23(33)36-6-5-25-24(34)37-11-13-7-18(20(30)19(8-13)35-4)29-26-16-9-14-15(10-17(16)27-29)22(32)28(3)21(14)31/h7-10,30H,1,5-6,11H2,2-4H3,(H,25,34). The van der Waals surface area contributed by atoms with Crippen LogP contribution >= 0.6 is 0 Å². The summed E-state index contributed by atoms with van der Waals surface area (Å²) in [5.41, 5.74) is 1.93. The topological polar surface area (TPSA) is 162 Å². The van der Waals surface area contributed by atoms with Crippen molar-refractivity contribution in [3.63, 3.8) is 0 Å². The van der Waals surface area contributed by atoms with Crippen molar-refractivity contribution in [2.24, 2.45) is 0 Å². The number of carbonyl (C=O) groups is 4. The van der Waals surface area contributed by atoms with Gasteiger partial charge in [-0.2, -0.15) is 0 Å². The number of aromatic nitrogens is 3. The number of rotatable bonds is 8. The molecule has 0 radical (unpaired) electrons. The number of hydrogen-bond acceptors (Lipinski definition) is 10. The van der Waals surface area contributed by atoms with Gasteiger partial charge in [-0.1, -0.05) is 6.58 Å². The first-order chi connectivity index (χ1) is 17.6. The zero-order chi connectivity index (χ0) is 26.9. The summed E-state index contributed by atoms with van der Waals surface area (Å²) in [6.07, 6.45) is -0.753. The molecule has 0 saturated carbocycles. The van der Waals surface area contributed by atoms with Crippen LogP contribution in [0.2, 0.25) is 0 Å². The van der Waals surface area contributed by atoms with Gasteiger partial charge in [-0.05, 0) is 36.8 Å². The second-order valence-corrected chi connectivity index (χ2v) is 8.13. The van der Waals surface area contributed by atoms with Gasteiger partial charge < -0.3 is 24.6 Å². The predicted molar refractivity (Wildman–Crippen MR) is 127 cm³/mol. The number of phenols is 1. The molecule has 37 heavy (non-hydrogen) atoms. The molecule has 2 aromatic carbocycles. The van der Waals surface area contributed by atoms with Crippen molar-refractivity contribution in [2.75, 3.05) is 27.3 Å². The van der Waals surface area contributed by atoms with E-state index in [1.165, 1.54) is 45.3 Å². The van der Waals surface area contributed by atoms with Crippen LogP contribution in [0.4, 0.5) is 4.79 Å². The van der Waals surface area contributed by atoms with Gasteiger partial charge in [0.15, 0.2) is 11.5 Å². The summed E-state index contributed by atoms with van der Waals surface area (Å²) in [4.78, 5) is 50.1. The summed E-state index contributed by atoms with van der Waals surface area (Å²) in [5.74, 6) is -1.62. The van der Waals surface area contributed by atoms with Crippen molar-refractivity contribution in [2.45, 2.75) is 13.5 Å². The van der Waals surface area contributed by atoms with Gasteiger partial charge in [-0.3, -0.25) is 14.5 Å². The molecule has 2 N–H and O–H groups in total. The smallest absolute Gasteiger partial charge is 0.407 e. The van der Waals surface area contributed by atoms with Crippen molar-refractivity contribution in [3.8, 4) is 17.2 Å². The highest BCUT2D eigenvalue weighted by atomic mass is 16.6. The molecule has 1 aromatic heterocycles. The Balaban J connectivity index is 1.51. The van der Waals surface area contributed by atoms with E-state index in [0.717, 1.165) is 9.70 Å². The number of phenolic OH excluding ortho intramolecular Hbond substituents is 1. The number of ether oxygens (including phenoxy) is 3. The van der Waals surface area contributed by atoms with Crippen LogP contribution in [0, 0.1) is 0 Å². The van der Waals surface area contributed by atoms with Gasteiger partial charge in [0.1, 0.15) is 29.9 Å². The number of alkyl carbamates (subject to hydrolysis) is 1. The normalized spacial score (nSPS) is 12.5. The van der Waals surface area contributed by atoms with Crippen molar-refractivity contribution in [1.29, 1.82) is 0 Å². The van der Waals surface area contributed by atoms with Crippen LogP contribution in [0.15, 0.2) is 36.4 Å². The van der Waals surface area contributed by atoms with Gasteiger partial charge in [0.05, 0.1) is 24.8 Å². The van der Waals surface area contributed by atoms with Crippen LogP contribution in [0.1, 0.15) is 33.2 Å². The largest absolute Gasteiger partial charge is 0.503 e. The van der Waals surface area contributed by atoms with Crippen LogP contribution in [0.25, 0.3) is 16.7 Å². The van der Waals surface area contributed by atoms with E-state index in [2.05, 4.69) is 22.1 Å². The quantitative estimate of drug-likeness (QED) is 0.198. The van der Waals surface area contributed by atoms with E-state index in [0.29, 0.717) is 16.6 Å². The molecule has 3 aromatic rings. The molecule has 2 heterocycles. The van der Waals surface area contributed by atoms with E-state index in [1.54, 1.807) is 0 Å².